The number of fused-ring (bicyclic) bond motifs is 1. The topological polar surface area (TPSA) is 70.7 Å². The number of nitrogens with one attached hydrogen (secondary N) is 2. The van der Waals surface area contributed by atoms with E-state index < -0.39 is 0 Å². The van der Waals surface area contributed by atoms with Gasteiger partial charge in [-0.2, -0.15) is 0 Å². The fraction of sp³-hybridized carbons (Fsp3) is 0.611. The molecule has 1 amide bonds. The third-order valence-electron chi connectivity index (χ3n) is 5.24. The lowest BCUT2D eigenvalue weighted by molar-refractivity contribution is -0.126. The van der Waals surface area contributed by atoms with Gasteiger partial charge in [0.05, 0.1) is 12.0 Å². The van der Waals surface area contributed by atoms with Crippen molar-refractivity contribution in [2.24, 2.45) is 5.92 Å². The molecule has 2 N–H and O–H groups in total. The number of hydrogen-bond donors (Lipinski definition) is 2. The number of aryl methyl sites for hydroxylation is 2. The van der Waals surface area contributed by atoms with E-state index >= 15 is 0 Å². The third kappa shape index (κ3) is 4.08. The van der Waals surface area contributed by atoms with Gasteiger partial charge < -0.3 is 10.3 Å². The van der Waals surface area contributed by atoms with Gasteiger partial charge in [0.2, 0.25) is 5.91 Å². The largest absolute Gasteiger partial charge is 0.353 e. The van der Waals surface area contributed by atoms with E-state index in [2.05, 4.69) is 25.6 Å². The number of carbonyl (C=O) groups excluding carboxylic acids is 1. The molecule has 0 bridgehead atoms. The van der Waals surface area contributed by atoms with Gasteiger partial charge in [0, 0.05) is 40.4 Å². The van der Waals surface area contributed by atoms with Gasteiger partial charge in [0.1, 0.15) is 4.34 Å². The van der Waals surface area contributed by atoms with E-state index in [-0.39, 0.29) is 11.8 Å². The second-order valence-electron chi connectivity index (χ2n) is 7.12. The van der Waals surface area contributed by atoms with E-state index in [1.807, 2.05) is 18.7 Å². The molecule has 2 heterocycles. The number of H-pyrrole nitrogens is 1. The van der Waals surface area contributed by atoms with Crippen LogP contribution in [0.5, 0.6) is 0 Å². The summed E-state index contributed by atoms with van der Waals surface area (Å²) in [5.41, 5.74) is 3.39. The van der Waals surface area contributed by atoms with Crippen molar-refractivity contribution in [2.45, 2.75) is 67.5 Å². The summed E-state index contributed by atoms with van der Waals surface area (Å²) in [6.07, 6.45) is 8.84. The quantitative estimate of drug-likeness (QED) is 0.857. The maximum atomic E-state index is 12.6. The molecule has 2 aliphatic carbocycles. The first-order chi connectivity index (χ1) is 12.2. The van der Waals surface area contributed by atoms with Crippen LogP contribution in [-0.2, 0) is 17.6 Å². The SMILES string of the molecule is Cc1csc(SC2CCC(NC(=O)C3CCc4nc[nH]c4C3)CC2)n1. The number of thioether (sulfide) groups is 1. The molecule has 2 aromatic rings. The van der Waals surface area contributed by atoms with Gasteiger partial charge in [-0.05, 0) is 45.4 Å². The van der Waals surface area contributed by atoms with Crippen LogP contribution in [0.4, 0.5) is 0 Å². The molecule has 25 heavy (non-hydrogen) atoms. The molecule has 0 radical (unpaired) electrons. The maximum Gasteiger partial charge on any atom is 0.223 e. The molecule has 0 aromatic carbocycles. The first-order valence-corrected chi connectivity index (χ1v) is 10.8. The van der Waals surface area contributed by atoms with E-state index in [0.717, 1.165) is 62.0 Å². The van der Waals surface area contributed by atoms with Crippen molar-refractivity contribution in [3.63, 3.8) is 0 Å². The predicted octanol–water partition coefficient (Wildman–Crippen LogP) is 3.50. The highest BCUT2D eigenvalue weighted by Gasteiger charge is 2.29. The Morgan fingerprint density at radius 2 is 2.16 bits per heavy atom. The van der Waals surface area contributed by atoms with Crippen LogP contribution in [0.3, 0.4) is 0 Å². The average molecular weight is 377 g/mol. The van der Waals surface area contributed by atoms with Crippen molar-refractivity contribution in [3.05, 3.63) is 28.8 Å². The molecule has 1 saturated carbocycles. The molecule has 5 nitrogen and oxygen atoms in total. The molecule has 0 spiro atoms. The van der Waals surface area contributed by atoms with Crippen molar-refractivity contribution in [1.29, 1.82) is 0 Å². The summed E-state index contributed by atoms with van der Waals surface area (Å²) in [4.78, 5) is 24.7. The van der Waals surface area contributed by atoms with E-state index in [4.69, 9.17) is 0 Å². The standard InChI is InChI=1S/C18H24N4OS2/c1-11-9-24-18(21-11)25-14-5-3-13(4-6-14)22-17(23)12-2-7-15-16(8-12)20-10-19-15/h9-10,12-14H,2-8H2,1H3,(H,19,20)(H,22,23). The van der Waals surface area contributed by atoms with E-state index in [9.17, 15) is 4.79 Å². The Morgan fingerprint density at radius 3 is 2.92 bits per heavy atom. The smallest absolute Gasteiger partial charge is 0.223 e. The summed E-state index contributed by atoms with van der Waals surface area (Å²) in [5.74, 6) is 0.324. The van der Waals surface area contributed by atoms with Crippen molar-refractivity contribution in [1.82, 2.24) is 20.3 Å². The Kier molecular flexibility index (Phi) is 5.12. The number of aromatic nitrogens is 3. The minimum absolute atomic E-state index is 0.0957. The zero-order valence-corrected chi connectivity index (χ0v) is 16.1. The fourth-order valence-electron chi connectivity index (χ4n) is 3.80. The number of imidazole rings is 1. The fourth-order valence-corrected chi connectivity index (χ4v) is 6.08. The van der Waals surface area contributed by atoms with Crippen LogP contribution in [0.25, 0.3) is 0 Å². The lowest BCUT2D eigenvalue weighted by atomic mass is 9.88. The lowest BCUT2D eigenvalue weighted by Gasteiger charge is -2.30. The summed E-state index contributed by atoms with van der Waals surface area (Å²) in [5, 5.41) is 6.06. The first-order valence-electron chi connectivity index (χ1n) is 9.07. The summed E-state index contributed by atoms with van der Waals surface area (Å²) >= 11 is 3.65. The van der Waals surface area contributed by atoms with Crippen LogP contribution in [-0.4, -0.2) is 32.2 Å². The van der Waals surface area contributed by atoms with Crippen molar-refractivity contribution in [2.75, 3.05) is 0 Å². The van der Waals surface area contributed by atoms with Gasteiger partial charge in [0.15, 0.2) is 0 Å². The number of hydrogen-bond acceptors (Lipinski definition) is 5. The summed E-state index contributed by atoms with van der Waals surface area (Å²) in [6.45, 7) is 2.05. The molecule has 2 aromatic heterocycles. The maximum absolute atomic E-state index is 12.6. The minimum Gasteiger partial charge on any atom is -0.353 e. The molecule has 1 unspecified atom stereocenters. The molecular weight excluding hydrogens is 352 g/mol. The third-order valence-corrected chi connectivity index (χ3v) is 7.67. The molecule has 1 atom stereocenters. The zero-order chi connectivity index (χ0) is 17.2. The second-order valence-corrected chi connectivity index (χ2v) is 9.53. The number of nitrogens with zero attached hydrogens (tertiary/aromatic N) is 2. The highest BCUT2D eigenvalue weighted by molar-refractivity contribution is 8.01. The van der Waals surface area contributed by atoms with Gasteiger partial charge in [-0.3, -0.25) is 4.79 Å². The average Bonchev–Trinajstić information content (AvgIpc) is 3.24. The molecule has 4 rings (SSSR count). The van der Waals surface area contributed by atoms with Crippen molar-refractivity contribution < 1.29 is 4.79 Å². The second kappa shape index (κ2) is 7.50. The van der Waals surface area contributed by atoms with Gasteiger partial charge in [-0.1, -0.05) is 11.8 Å². The molecular formula is C18H24N4OS2. The summed E-state index contributed by atoms with van der Waals surface area (Å²) < 4.78 is 1.18. The van der Waals surface area contributed by atoms with Gasteiger partial charge in [-0.15, -0.1) is 11.3 Å². The minimum atomic E-state index is 0.0957. The van der Waals surface area contributed by atoms with Crippen LogP contribution in [0.2, 0.25) is 0 Å². The van der Waals surface area contributed by atoms with Crippen LogP contribution < -0.4 is 5.32 Å². The lowest BCUT2D eigenvalue weighted by Crippen LogP contribution is -2.42. The Bertz CT molecular complexity index is 733. The van der Waals surface area contributed by atoms with Gasteiger partial charge >= 0.3 is 0 Å². The molecule has 2 aliphatic rings. The van der Waals surface area contributed by atoms with Crippen LogP contribution in [0, 0.1) is 12.8 Å². The summed E-state index contributed by atoms with van der Waals surface area (Å²) in [6, 6.07) is 0.338. The number of aromatic amines is 1. The van der Waals surface area contributed by atoms with Crippen molar-refractivity contribution in [3.8, 4) is 0 Å². The van der Waals surface area contributed by atoms with Crippen LogP contribution in [0.1, 0.15) is 49.2 Å². The molecule has 134 valence electrons. The van der Waals surface area contributed by atoms with Crippen LogP contribution >= 0.6 is 23.1 Å². The van der Waals surface area contributed by atoms with E-state index in [1.165, 1.54) is 4.34 Å². The number of carbonyl (C=O) groups is 1. The normalized spacial score (nSPS) is 26.2. The Balaban J connectivity index is 1.24. The van der Waals surface area contributed by atoms with E-state index in [1.54, 1.807) is 17.7 Å². The Morgan fingerprint density at radius 1 is 1.32 bits per heavy atom. The Hall–Kier alpha value is -1.34. The number of amides is 1. The van der Waals surface area contributed by atoms with Gasteiger partial charge in [-0.25, -0.2) is 9.97 Å². The van der Waals surface area contributed by atoms with Crippen molar-refractivity contribution >= 4 is 29.0 Å². The highest BCUT2D eigenvalue weighted by Crippen LogP contribution is 2.35. The molecule has 7 heteroatoms. The number of rotatable bonds is 4. The van der Waals surface area contributed by atoms with Crippen LogP contribution in [0.15, 0.2) is 16.0 Å². The molecule has 0 aliphatic heterocycles. The monoisotopic (exact) mass is 376 g/mol. The number of thiazole rings is 1. The molecule has 1 fully saturated rings. The van der Waals surface area contributed by atoms with Gasteiger partial charge in [0.25, 0.3) is 0 Å². The highest BCUT2D eigenvalue weighted by atomic mass is 32.2. The molecule has 0 saturated heterocycles. The Labute approximate surface area is 156 Å². The van der Waals surface area contributed by atoms with E-state index in [0.29, 0.717) is 11.3 Å². The zero-order valence-electron chi connectivity index (χ0n) is 14.5. The first kappa shape index (κ1) is 17.1. The summed E-state index contributed by atoms with van der Waals surface area (Å²) in [7, 11) is 0. The predicted molar refractivity (Wildman–Crippen MR) is 101 cm³/mol.